The largest absolute Gasteiger partial charge is 0.405 e. The smallest absolute Gasteiger partial charge is 0.350 e. The summed E-state index contributed by atoms with van der Waals surface area (Å²) in [4.78, 5) is 13.3. The summed E-state index contributed by atoms with van der Waals surface area (Å²) in [6.07, 6.45) is -4.35. The van der Waals surface area contributed by atoms with Gasteiger partial charge in [0.15, 0.2) is 0 Å². The van der Waals surface area contributed by atoms with Crippen LogP contribution in [0, 0.1) is 6.92 Å². The molecule has 0 saturated carbocycles. The van der Waals surface area contributed by atoms with Crippen molar-refractivity contribution in [3.63, 3.8) is 0 Å². The molecule has 1 unspecified atom stereocenters. The molecule has 1 fully saturated rings. The van der Waals surface area contributed by atoms with Crippen molar-refractivity contribution in [2.75, 3.05) is 32.7 Å². The van der Waals surface area contributed by atoms with Crippen LogP contribution in [-0.2, 0) is 0 Å². The fraction of sp³-hybridized carbons (Fsp3) is 0.615. The van der Waals surface area contributed by atoms with Crippen LogP contribution in [-0.4, -0.2) is 55.7 Å². The molecule has 1 aromatic heterocycles. The van der Waals surface area contributed by atoms with Crippen LogP contribution in [0.2, 0.25) is 0 Å². The Balaban J connectivity index is 0.00000242. The number of nitrogens with one attached hydrogen (secondary N) is 2. The number of halogens is 4. The van der Waals surface area contributed by atoms with Crippen LogP contribution >= 0.6 is 23.7 Å². The highest BCUT2D eigenvalue weighted by Crippen LogP contribution is 2.25. The standard InChI is InChI=1S/C13H18F3N3OS.ClH/c1-9-7-21-8-10(9)12(20)18-6-11(13(14,15)16)19-4-2-17-3-5-19;/h7-8,11,17H,2-6H2,1H3,(H,18,20);1H. The zero-order chi connectivity index (χ0) is 15.5. The Hall–Kier alpha value is -0.830. The van der Waals surface area contributed by atoms with Crippen molar-refractivity contribution < 1.29 is 18.0 Å². The van der Waals surface area contributed by atoms with E-state index in [1.807, 2.05) is 0 Å². The van der Waals surface area contributed by atoms with Crippen LogP contribution in [0.4, 0.5) is 13.2 Å². The molecule has 2 heterocycles. The molecule has 1 saturated heterocycles. The Morgan fingerprint density at radius 2 is 2.05 bits per heavy atom. The lowest BCUT2D eigenvalue weighted by Crippen LogP contribution is -2.57. The SMILES string of the molecule is Cc1cscc1C(=O)NCC(N1CCNCC1)C(F)(F)F.Cl. The van der Waals surface area contributed by atoms with Crippen molar-refractivity contribution in [1.29, 1.82) is 0 Å². The van der Waals surface area contributed by atoms with Crippen LogP contribution in [0.5, 0.6) is 0 Å². The number of carbonyl (C=O) groups is 1. The van der Waals surface area contributed by atoms with Gasteiger partial charge in [-0.15, -0.1) is 12.4 Å². The van der Waals surface area contributed by atoms with Gasteiger partial charge in [-0.3, -0.25) is 9.69 Å². The zero-order valence-electron chi connectivity index (χ0n) is 12.1. The monoisotopic (exact) mass is 357 g/mol. The van der Waals surface area contributed by atoms with Crippen molar-refractivity contribution in [3.05, 3.63) is 21.9 Å². The number of carbonyl (C=O) groups excluding carboxylic acids is 1. The summed E-state index contributed by atoms with van der Waals surface area (Å²) in [6, 6.07) is -1.64. The maximum atomic E-state index is 13.2. The maximum Gasteiger partial charge on any atom is 0.405 e. The molecule has 9 heteroatoms. The van der Waals surface area contributed by atoms with Gasteiger partial charge in [-0.2, -0.15) is 24.5 Å². The molecule has 0 spiro atoms. The molecule has 1 aliphatic heterocycles. The van der Waals surface area contributed by atoms with Gasteiger partial charge in [-0.05, 0) is 17.9 Å². The van der Waals surface area contributed by atoms with Gasteiger partial charge in [0, 0.05) is 38.1 Å². The lowest BCUT2D eigenvalue weighted by atomic mass is 10.1. The minimum Gasteiger partial charge on any atom is -0.350 e. The van der Waals surface area contributed by atoms with E-state index in [1.165, 1.54) is 16.2 Å². The molecule has 1 aromatic rings. The van der Waals surface area contributed by atoms with Crippen molar-refractivity contribution in [1.82, 2.24) is 15.5 Å². The normalized spacial score (nSPS) is 17.6. The Kier molecular flexibility index (Phi) is 7.11. The van der Waals surface area contributed by atoms with Gasteiger partial charge in [0.2, 0.25) is 0 Å². The fourth-order valence-electron chi connectivity index (χ4n) is 2.32. The molecule has 126 valence electrons. The number of aryl methyl sites for hydroxylation is 1. The van der Waals surface area contributed by atoms with E-state index in [0.29, 0.717) is 31.7 Å². The predicted molar refractivity (Wildman–Crippen MR) is 82.9 cm³/mol. The summed E-state index contributed by atoms with van der Waals surface area (Å²) in [5.74, 6) is -0.446. The second-order valence-electron chi connectivity index (χ2n) is 5.02. The second kappa shape index (κ2) is 8.14. The lowest BCUT2D eigenvalue weighted by Gasteiger charge is -2.35. The molecular formula is C13H19ClF3N3OS. The highest BCUT2D eigenvalue weighted by atomic mass is 35.5. The summed E-state index contributed by atoms with van der Waals surface area (Å²) in [5.41, 5.74) is 1.23. The molecule has 0 bridgehead atoms. The quantitative estimate of drug-likeness (QED) is 0.866. The van der Waals surface area contributed by atoms with Crippen LogP contribution in [0.1, 0.15) is 15.9 Å². The van der Waals surface area contributed by atoms with Gasteiger partial charge in [0.05, 0.1) is 5.56 Å². The first-order valence-corrected chi connectivity index (χ1v) is 7.66. The number of alkyl halides is 3. The number of amides is 1. The number of hydrogen-bond acceptors (Lipinski definition) is 4. The van der Waals surface area contributed by atoms with E-state index in [2.05, 4.69) is 10.6 Å². The molecule has 1 atom stereocenters. The molecule has 2 N–H and O–H groups in total. The zero-order valence-corrected chi connectivity index (χ0v) is 13.7. The number of piperazine rings is 1. The molecule has 4 nitrogen and oxygen atoms in total. The van der Waals surface area contributed by atoms with Gasteiger partial charge in [0.1, 0.15) is 6.04 Å². The van der Waals surface area contributed by atoms with Crippen molar-refractivity contribution in [2.45, 2.75) is 19.1 Å². The van der Waals surface area contributed by atoms with E-state index in [-0.39, 0.29) is 12.4 Å². The van der Waals surface area contributed by atoms with Crippen LogP contribution in [0.25, 0.3) is 0 Å². The summed E-state index contributed by atoms with van der Waals surface area (Å²) >= 11 is 1.36. The Bertz CT molecular complexity index is 489. The first kappa shape index (κ1) is 19.2. The molecule has 1 amide bonds. The molecule has 0 aromatic carbocycles. The van der Waals surface area contributed by atoms with E-state index < -0.39 is 24.7 Å². The minimum absolute atomic E-state index is 0. The summed E-state index contributed by atoms with van der Waals surface area (Å²) in [6.45, 7) is 3.07. The first-order chi connectivity index (χ1) is 9.89. The molecule has 22 heavy (non-hydrogen) atoms. The average molecular weight is 358 g/mol. The third kappa shape index (κ3) is 4.84. The number of nitrogens with zero attached hydrogens (tertiary/aromatic N) is 1. The Morgan fingerprint density at radius 1 is 1.41 bits per heavy atom. The van der Waals surface area contributed by atoms with Crippen LogP contribution in [0.3, 0.4) is 0 Å². The van der Waals surface area contributed by atoms with Crippen molar-refractivity contribution >= 4 is 29.7 Å². The van der Waals surface area contributed by atoms with Gasteiger partial charge in [-0.1, -0.05) is 0 Å². The molecule has 2 rings (SSSR count). The van der Waals surface area contributed by atoms with Gasteiger partial charge < -0.3 is 10.6 Å². The second-order valence-corrected chi connectivity index (χ2v) is 5.77. The molecule has 0 aliphatic carbocycles. The third-order valence-electron chi connectivity index (χ3n) is 3.53. The van der Waals surface area contributed by atoms with E-state index in [9.17, 15) is 18.0 Å². The molecule has 0 radical (unpaired) electrons. The number of thiophene rings is 1. The van der Waals surface area contributed by atoms with Crippen LogP contribution in [0.15, 0.2) is 10.8 Å². The summed E-state index contributed by atoms with van der Waals surface area (Å²) in [5, 5.41) is 8.89. The fourth-order valence-corrected chi connectivity index (χ4v) is 3.15. The van der Waals surface area contributed by atoms with Crippen molar-refractivity contribution in [2.24, 2.45) is 0 Å². The van der Waals surface area contributed by atoms with E-state index in [4.69, 9.17) is 0 Å². The molecular weight excluding hydrogens is 339 g/mol. The van der Waals surface area contributed by atoms with Gasteiger partial charge in [0.25, 0.3) is 5.91 Å². The summed E-state index contributed by atoms with van der Waals surface area (Å²) in [7, 11) is 0. The molecule has 1 aliphatic rings. The summed E-state index contributed by atoms with van der Waals surface area (Å²) < 4.78 is 39.5. The highest BCUT2D eigenvalue weighted by Gasteiger charge is 2.43. The first-order valence-electron chi connectivity index (χ1n) is 6.72. The Morgan fingerprint density at radius 3 is 2.55 bits per heavy atom. The van der Waals surface area contributed by atoms with Gasteiger partial charge >= 0.3 is 6.18 Å². The number of hydrogen-bond donors (Lipinski definition) is 2. The number of rotatable bonds is 4. The van der Waals surface area contributed by atoms with Crippen LogP contribution < -0.4 is 10.6 Å². The topological polar surface area (TPSA) is 44.4 Å². The maximum absolute atomic E-state index is 13.2. The average Bonchev–Trinajstić information content (AvgIpc) is 2.85. The predicted octanol–water partition coefficient (Wildman–Crippen LogP) is 2.04. The van der Waals surface area contributed by atoms with Crippen molar-refractivity contribution in [3.8, 4) is 0 Å². The van der Waals surface area contributed by atoms with E-state index >= 15 is 0 Å². The van der Waals surface area contributed by atoms with Gasteiger partial charge in [-0.25, -0.2) is 0 Å². The highest BCUT2D eigenvalue weighted by molar-refractivity contribution is 7.08. The lowest BCUT2D eigenvalue weighted by molar-refractivity contribution is -0.183. The van der Waals surface area contributed by atoms with E-state index in [0.717, 1.165) is 5.56 Å². The van der Waals surface area contributed by atoms with E-state index in [1.54, 1.807) is 17.7 Å². The minimum atomic E-state index is -4.35. The third-order valence-corrected chi connectivity index (χ3v) is 4.39. The Labute approximate surface area is 137 Å².